The molecule has 5 heteroatoms. The summed E-state index contributed by atoms with van der Waals surface area (Å²) in [5.41, 5.74) is 2.27. The lowest BCUT2D eigenvalue weighted by Gasteiger charge is -2.38. The third-order valence-corrected chi connectivity index (χ3v) is 10.8. The second-order valence-corrected chi connectivity index (χ2v) is 14.7. The first-order chi connectivity index (χ1) is 13.5. The molecule has 1 aromatic carbocycles. The highest BCUT2D eigenvalue weighted by Gasteiger charge is 2.38. The van der Waals surface area contributed by atoms with Crippen molar-refractivity contribution in [1.29, 1.82) is 0 Å². The third-order valence-electron chi connectivity index (χ3n) is 6.27. The molecule has 0 aliphatic carbocycles. The van der Waals surface area contributed by atoms with Crippen LogP contribution >= 0.6 is 0 Å². The smallest absolute Gasteiger partial charge is 0.331 e. The number of carbonyl (C=O) groups excluding carboxylic acids is 1. The SMILES string of the molecule is C[C@H](COCc1ccccc1)C1=CC(=O)O[C@@H]([C@@H](C)CO[Si](C)(C)C(C)(C)C)C1. The van der Waals surface area contributed by atoms with Gasteiger partial charge < -0.3 is 13.9 Å². The van der Waals surface area contributed by atoms with Crippen molar-refractivity contribution in [2.45, 2.75) is 71.9 Å². The van der Waals surface area contributed by atoms with Gasteiger partial charge in [-0.15, -0.1) is 0 Å². The zero-order valence-corrected chi connectivity index (χ0v) is 20.2. The Labute approximate surface area is 177 Å². The number of cyclic esters (lactones) is 1. The molecule has 0 bridgehead atoms. The zero-order valence-electron chi connectivity index (χ0n) is 19.2. The molecule has 0 saturated heterocycles. The molecular weight excluding hydrogens is 380 g/mol. The summed E-state index contributed by atoms with van der Waals surface area (Å²) in [6, 6.07) is 10.1. The maximum atomic E-state index is 12.2. The largest absolute Gasteiger partial charge is 0.459 e. The Morgan fingerprint density at radius 2 is 1.79 bits per heavy atom. The predicted molar refractivity (Wildman–Crippen MR) is 120 cm³/mol. The van der Waals surface area contributed by atoms with Crippen LogP contribution in [0, 0.1) is 11.8 Å². The number of benzene rings is 1. The van der Waals surface area contributed by atoms with Gasteiger partial charge in [-0.3, -0.25) is 0 Å². The summed E-state index contributed by atoms with van der Waals surface area (Å²) >= 11 is 0. The molecule has 1 aliphatic heterocycles. The van der Waals surface area contributed by atoms with Gasteiger partial charge in [0.2, 0.25) is 0 Å². The lowest BCUT2D eigenvalue weighted by atomic mass is 9.89. The lowest BCUT2D eigenvalue weighted by molar-refractivity contribution is -0.147. The van der Waals surface area contributed by atoms with Crippen LogP contribution in [-0.4, -0.2) is 33.6 Å². The third kappa shape index (κ3) is 7.09. The van der Waals surface area contributed by atoms with Crippen molar-refractivity contribution in [2.75, 3.05) is 13.2 Å². The van der Waals surface area contributed by atoms with Crippen LogP contribution in [0.5, 0.6) is 0 Å². The van der Waals surface area contributed by atoms with Crippen molar-refractivity contribution in [1.82, 2.24) is 0 Å². The van der Waals surface area contributed by atoms with Gasteiger partial charge >= 0.3 is 5.97 Å². The molecular formula is C24H38O4Si. The molecule has 0 radical (unpaired) electrons. The van der Waals surface area contributed by atoms with E-state index in [1.165, 1.54) is 0 Å². The minimum Gasteiger partial charge on any atom is -0.459 e. The molecule has 1 aromatic rings. The summed E-state index contributed by atoms with van der Waals surface area (Å²) in [6.07, 6.45) is 2.27. The zero-order chi connectivity index (χ0) is 21.7. The second kappa shape index (κ2) is 10.1. The van der Waals surface area contributed by atoms with Gasteiger partial charge in [0.05, 0.1) is 13.2 Å². The average Bonchev–Trinajstić information content (AvgIpc) is 2.65. The Hall–Kier alpha value is -1.43. The maximum absolute atomic E-state index is 12.2. The van der Waals surface area contributed by atoms with E-state index >= 15 is 0 Å². The van der Waals surface area contributed by atoms with Crippen molar-refractivity contribution >= 4 is 14.3 Å². The van der Waals surface area contributed by atoms with E-state index in [0.717, 1.165) is 17.6 Å². The Bertz CT molecular complexity index is 691. The van der Waals surface area contributed by atoms with E-state index in [0.29, 0.717) is 19.8 Å². The molecule has 2 rings (SSSR count). The van der Waals surface area contributed by atoms with Gasteiger partial charge in [-0.05, 0) is 23.7 Å². The second-order valence-electron chi connectivity index (χ2n) is 9.85. The highest BCUT2D eigenvalue weighted by Crippen LogP contribution is 2.37. The molecule has 162 valence electrons. The predicted octanol–water partition coefficient (Wildman–Crippen LogP) is 5.74. The van der Waals surface area contributed by atoms with Crippen LogP contribution in [0.15, 0.2) is 42.0 Å². The van der Waals surface area contributed by atoms with Crippen molar-refractivity contribution in [3.8, 4) is 0 Å². The average molecular weight is 419 g/mol. The maximum Gasteiger partial charge on any atom is 0.331 e. The molecule has 1 heterocycles. The minimum atomic E-state index is -1.81. The molecule has 0 saturated carbocycles. The monoisotopic (exact) mass is 418 g/mol. The fourth-order valence-corrected chi connectivity index (χ4v) is 4.14. The Balaban J connectivity index is 1.87. The number of hydrogen-bond acceptors (Lipinski definition) is 4. The van der Waals surface area contributed by atoms with E-state index in [-0.39, 0.29) is 28.9 Å². The highest BCUT2D eigenvalue weighted by atomic mass is 28.4. The fraction of sp³-hybridized carbons (Fsp3) is 0.625. The van der Waals surface area contributed by atoms with Gasteiger partial charge in [0.15, 0.2) is 8.32 Å². The van der Waals surface area contributed by atoms with Crippen LogP contribution < -0.4 is 0 Å². The molecule has 4 nitrogen and oxygen atoms in total. The molecule has 0 fully saturated rings. The molecule has 1 aliphatic rings. The normalized spacial score (nSPS) is 20.0. The molecule has 29 heavy (non-hydrogen) atoms. The van der Waals surface area contributed by atoms with Crippen molar-refractivity contribution in [3.63, 3.8) is 0 Å². The first kappa shape index (κ1) is 23.8. The summed E-state index contributed by atoms with van der Waals surface area (Å²) in [5, 5.41) is 0.172. The molecule has 0 aromatic heterocycles. The van der Waals surface area contributed by atoms with E-state index in [1.807, 2.05) is 18.2 Å². The summed E-state index contributed by atoms with van der Waals surface area (Å²) in [4.78, 5) is 12.2. The summed E-state index contributed by atoms with van der Waals surface area (Å²) in [5.74, 6) is 0.0992. The van der Waals surface area contributed by atoms with Crippen molar-refractivity contribution < 1.29 is 18.7 Å². The Morgan fingerprint density at radius 3 is 2.41 bits per heavy atom. The molecule has 0 amide bonds. The number of carbonyl (C=O) groups is 1. The van der Waals surface area contributed by atoms with Crippen LogP contribution in [0.25, 0.3) is 0 Å². The summed E-state index contributed by atoms with van der Waals surface area (Å²) < 4.78 is 17.9. The topological polar surface area (TPSA) is 44.8 Å². The Morgan fingerprint density at radius 1 is 1.14 bits per heavy atom. The summed E-state index contributed by atoms with van der Waals surface area (Å²) in [7, 11) is -1.81. The van der Waals surface area contributed by atoms with E-state index in [1.54, 1.807) is 6.08 Å². The first-order valence-corrected chi connectivity index (χ1v) is 13.6. The summed E-state index contributed by atoms with van der Waals surface area (Å²) in [6.45, 7) is 17.3. The standard InChI is InChI=1S/C24H38O4Si/c1-18(15-26-17-20-11-9-8-10-12-20)21-13-22(28-23(25)14-21)19(2)16-27-29(6,7)24(3,4)5/h8-12,14,18-19,22H,13,15-17H2,1-7H3/t18-,19+,22-/m1/s1. The lowest BCUT2D eigenvalue weighted by Crippen LogP contribution is -2.43. The molecule has 0 unspecified atom stereocenters. The van der Waals surface area contributed by atoms with Crippen LogP contribution in [0.2, 0.25) is 18.1 Å². The van der Waals surface area contributed by atoms with E-state index in [2.05, 4.69) is 59.8 Å². The van der Waals surface area contributed by atoms with Crippen LogP contribution in [0.3, 0.4) is 0 Å². The number of rotatable bonds is 9. The van der Waals surface area contributed by atoms with Gasteiger partial charge in [-0.2, -0.15) is 0 Å². The molecule has 0 spiro atoms. The van der Waals surface area contributed by atoms with Crippen LogP contribution in [-0.2, 0) is 25.3 Å². The molecule has 0 N–H and O–H groups in total. The first-order valence-electron chi connectivity index (χ1n) is 10.7. The van der Waals surface area contributed by atoms with E-state index in [9.17, 15) is 4.79 Å². The highest BCUT2D eigenvalue weighted by molar-refractivity contribution is 6.74. The van der Waals surface area contributed by atoms with Gasteiger partial charge in [0, 0.05) is 30.9 Å². The van der Waals surface area contributed by atoms with Crippen LogP contribution in [0.1, 0.15) is 46.6 Å². The minimum absolute atomic E-state index is 0.135. The molecule has 3 atom stereocenters. The number of esters is 1. The number of hydrogen-bond donors (Lipinski definition) is 0. The van der Waals surface area contributed by atoms with Gasteiger partial charge in [0.1, 0.15) is 6.10 Å². The Kier molecular flexibility index (Phi) is 8.26. The van der Waals surface area contributed by atoms with Gasteiger partial charge in [0.25, 0.3) is 0 Å². The van der Waals surface area contributed by atoms with Crippen LogP contribution in [0.4, 0.5) is 0 Å². The van der Waals surface area contributed by atoms with Gasteiger partial charge in [-0.25, -0.2) is 4.79 Å². The fourth-order valence-electron chi connectivity index (χ4n) is 3.03. The van der Waals surface area contributed by atoms with E-state index in [4.69, 9.17) is 13.9 Å². The van der Waals surface area contributed by atoms with Crippen molar-refractivity contribution in [2.24, 2.45) is 11.8 Å². The van der Waals surface area contributed by atoms with Crippen molar-refractivity contribution in [3.05, 3.63) is 47.5 Å². The van der Waals surface area contributed by atoms with E-state index < -0.39 is 8.32 Å². The van der Waals surface area contributed by atoms with Gasteiger partial charge in [-0.1, -0.05) is 70.5 Å². The number of ether oxygens (including phenoxy) is 2. The quantitative estimate of drug-likeness (QED) is 0.379.